The van der Waals surface area contributed by atoms with Crippen LogP contribution in [0, 0.1) is 6.92 Å². The molecule has 0 saturated carbocycles. The molecule has 0 spiro atoms. The van der Waals surface area contributed by atoms with Crippen molar-refractivity contribution in [3.05, 3.63) is 22.8 Å². The van der Waals surface area contributed by atoms with Gasteiger partial charge < -0.3 is 9.63 Å². The maximum Gasteiger partial charge on any atom is 0.345 e. The minimum absolute atomic E-state index is 0.260. The molecule has 2 rings (SSSR count). The average Bonchev–Trinajstić information content (AvgIpc) is 2.70. The van der Waals surface area contributed by atoms with E-state index in [1.54, 1.807) is 13.0 Å². The fourth-order valence-corrected chi connectivity index (χ4v) is 1.73. The van der Waals surface area contributed by atoms with Crippen LogP contribution in [0.1, 0.15) is 15.5 Å². The first-order valence-electron chi connectivity index (χ1n) is 3.80. The highest BCUT2D eigenvalue weighted by Crippen LogP contribution is 2.26. The summed E-state index contributed by atoms with van der Waals surface area (Å²) >= 11 is 1.11. The van der Waals surface area contributed by atoms with Crippen LogP contribution in [0.5, 0.6) is 0 Å². The molecule has 0 atom stereocenters. The van der Waals surface area contributed by atoms with Gasteiger partial charge in [-0.2, -0.15) is 4.98 Å². The van der Waals surface area contributed by atoms with Gasteiger partial charge in [-0.3, -0.25) is 0 Å². The number of aromatic nitrogens is 2. The molecule has 0 amide bonds. The van der Waals surface area contributed by atoms with Crippen molar-refractivity contribution in [2.45, 2.75) is 6.92 Å². The predicted octanol–water partition coefficient (Wildman–Crippen LogP) is 1.80. The highest BCUT2D eigenvalue weighted by atomic mass is 32.1. The Morgan fingerprint density at radius 3 is 2.86 bits per heavy atom. The molecule has 2 heterocycles. The highest BCUT2D eigenvalue weighted by molar-refractivity contribution is 7.17. The molecule has 0 aliphatic heterocycles. The Morgan fingerprint density at radius 2 is 2.36 bits per heavy atom. The monoisotopic (exact) mass is 210 g/mol. The standard InChI is InChI=1S/C8H6N2O3S/c1-4-9-7(13-10-4)5-2-3-6(14-5)8(11)12/h2-3H,1H3,(H,11,12). The van der Waals surface area contributed by atoms with Crippen molar-refractivity contribution >= 4 is 17.3 Å². The molecule has 0 fully saturated rings. The first-order chi connectivity index (χ1) is 6.66. The van der Waals surface area contributed by atoms with E-state index in [-0.39, 0.29) is 4.88 Å². The summed E-state index contributed by atoms with van der Waals surface area (Å²) in [6.07, 6.45) is 0. The minimum atomic E-state index is -0.947. The second-order valence-electron chi connectivity index (χ2n) is 2.62. The molecular formula is C8H6N2O3S. The van der Waals surface area contributed by atoms with E-state index >= 15 is 0 Å². The second kappa shape index (κ2) is 3.22. The zero-order chi connectivity index (χ0) is 10.1. The van der Waals surface area contributed by atoms with Gasteiger partial charge in [0, 0.05) is 0 Å². The maximum absolute atomic E-state index is 10.6. The van der Waals surface area contributed by atoms with Gasteiger partial charge in [-0.05, 0) is 19.1 Å². The van der Waals surface area contributed by atoms with E-state index in [1.165, 1.54) is 6.07 Å². The third kappa shape index (κ3) is 1.51. The summed E-state index contributed by atoms with van der Waals surface area (Å²) in [6.45, 7) is 1.71. The number of aromatic carboxylic acids is 1. The molecule has 0 aliphatic rings. The van der Waals surface area contributed by atoms with Crippen molar-refractivity contribution in [3.8, 4) is 10.8 Å². The van der Waals surface area contributed by atoms with Gasteiger partial charge in [-0.15, -0.1) is 11.3 Å². The van der Waals surface area contributed by atoms with Crippen LogP contribution >= 0.6 is 11.3 Å². The van der Waals surface area contributed by atoms with Crippen LogP contribution in [0.4, 0.5) is 0 Å². The summed E-state index contributed by atoms with van der Waals surface area (Å²) in [7, 11) is 0. The van der Waals surface area contributed by atoms with Crippen molar-refractivity contribution in [1.82, 2.24) is 10.1 Å². The summed E-state index contributed by atoms with van der Waals surface area (Å²) in [5.74, 6) is -0.0530. The average molecular weight is 210 g/mol. The lowest BCUT2D eigenvalue weighted by Crippen LogP contribution is -1.89. The van der Waals surface area contributed by atoms with Gasteiger partial charge in [0.25, 0.3) is 5.89 Å². The minimum Gasteiger partial charge on any atom is -0.477 e. The van der Waals surface area contributed by atoms with Crippen LogP contribution in [0.15, 0.2) is 16.7 Å². The maximum atomic E-state index is 10.6. The van der Waals surface area contributed by atoms with E-state index in [1.807, 2.05) is 0 Å². The van der Waals surface area contributed by atoms with Crippen LogP contribution in [-0.4, -0.2) is 21.2 Å². The molecule has 14 heavy (non-hydrogen) atoms. The number of carboxylic acid groups (broad SMARTS) is 1. The van der Waals surface area contributed by atoms with Gasteiger partial charge in [-0.25, -0.2) is 4.79 Å². The summed E-state index contributed by atoms with van der Waals surface area (Å²) < 4.78 is 4.90. The molecule has 6 heteroatoms. The van der Waals surface area contributed by atoms with Crippen LogP contribution in [0.3, 0.4) is 0 Å². The number of carboxylic acids is 1. The van der Waals surface area contributed by atoms with E-state index in [9.17, 15) is 4.79 Å². The smallest absolute Gasteiger partial charge is 0.345 e. The first kappa shape index (κ1) is 8.89. The summed E-state index contributed by atoms with van der Waals surface area (Å²) in [4.78, 5) is 15.5. The van der Waals surface area contributed by atoms with Gasteiger partial charge >= 0.3 is 5.97 Å². The van der Waals surface area contributed by atoms with Crippen LogP contribution in [0.2, 0.25) is 0 Å². The zero-order valence-electron chi connectivity index (χ0n) is 7.22. The van der Waals surface area contributed by atoms with E-state index in [2.05, 4.69) is 10.1 Å². The number of carbonyl (C=O) groups is 1. The number of rotatable bonds is 2. The van der Waals surface area contributed by atoms with Gasteiger partial charge in [0.1, 0.15) is 4.88 Å². The SMILES string of the molecule is Cc1noc(-c2ccc(C(=O)O)s2)n1. The normalized spacial score (nSPS) is 10.4. The van der Waals surface area contributed by atoms with Gasteiger partial charge in [0.2, 0.25) is 0 Å². The van der Waals surface area contributed by atoms with E-state index in [4.69, 9.17) is 9.63 Å². The van der Waals surface area contributed by atoms with Crippen molar-refractivity contribution in [2.24, 2.45) is 0 Å². The number of nitrogens with zero attached hydrogens (tertiary/aromatic N) is 2. The predicted molar refractivity (Wildman–Crippen MR) is 49.3 cm³/mol. The first-order valence-corrected chi connectivity index (χ1v) is 4.62. The van der Waals surface area contributed by atoms with E-state index < -0.39 is 5.97 Å². The number of aryl methyl sites for hydroxylation is 1. The zero-order valence-corrected chi connectivity index (χ0v) is 8.04. The lowest BCUT2D eigenvalue weighted by Gasteiger charge is -1.84. The molecule has 1 N–H and O–H groups in total. The van der Waals surface area contributed by atoms with Gasteiger partial charge in [0.15, 0.2) is 5.82 Å². The van der Waals surface area contributed by atoms with Crippen LogP contribution < -0.4 is 0 Å². The Labute approximate surface area is 83.0 Å². The summed E-state index contributed by atoms with van der Waals surface area (Å²) in [5.41, 5.74) is 0. The molecule has 0 unspecified atom stereocenters. The Morgan fingerprint density at radius 1 is 1.57 bits per heavy atom. The molecule has 2 aromatic heterocycles. The second-order valence-corrected chi connectivity index (χ2v) is 3.70. The molecule has 2 aromatic rings. The number of thiophene rings is 1. The van der Waals surface area contributed by atoms with Crippen molar-refractivity contribution in [1.29, 1.82) is 0 Å². The Hall–Kier alpha value is -1.69. The molecule has 0 bridgehead atoms. The van der Waals surface area contributed by atoms with Crippen LogP contribution in [0.25, 0.3) is 10.8 Å². The third-order valence-corrected chi connectivity index (χ3v) is 2.62. The van der Waals surface area contributed by atoms with Crippen LogP contribution in [-0.2, 0) is 0 Å². The molecule has 0 saturated heterocycles. The summed E-state index contributed by atoms with van der Waals surface area (Å²) in [6, 6.07) is 3.17. The topological polar surface area (TPSA) is 76.2 Å². The lowest BCUT2D eigenvalue weighted by molar-refractivity contribution is 0.0702. The Balaban J connectivity index is 2.38. The summed E-state index contributed by atoms with van der Waals surface area (Å²) in [5, 5.41) is 12.3. The molecule has 0 radical (unpaired) electrons. The molecular weight excluding hydrogens is 204 g/mol. The van der Waals surface area contributed by atoms with Gasteiger partial charge in [-0.1, -0.05) is 5.16 Å². The fourth-order valence-electron chi connectivity index (χ4n) is 0.965. The third-order valence-electron chi connectivity index (χ3n) is 1.56. The van der Waals surface area contributed by atoms with Crippen molar-refractivity contribution in [3.63, 3.8) is 0 Å². The molecule has 0 aliphatic carbocycles. The molecule has 0 aromatic carbocycles. The number of hydrogen-bond donors (Lipinski definition) is 1. The van der Waals surface area contributed by atoms with Crippen molar-refractivity contribution < 1.29 is 14.4 Å². The Kier molecular flexibility index (Phi) is 2.05. The largest absolute Gasteiger partial charge is 0.477 e. The molecule has 72 valence electrons. The van der Waals surface area contributed by atoms with E-state index in [0.29, 0.717) is 16.6 Å². The number of hydrogen-bond acceptors (Lipinski definition) is 5. The quantitative estimate of drug-likeness (QED) is 0.817. The Bertz CT molecular complexity index is 474. The van der Waals surface area contributed by atoms with Crippen molar-refractivity contribution in [2.75, 3.05) is 0 Å². The van der Waals surface area contributed by atoms with Gasteiger partial charge in [0.05, 0.1) is 4.88 Å². The molecule has 5 nitrogen and oxygen atoms in total. The fraction of sp³-hybridized carbons (Fsp3) is 0.125. The lowest BCUT2D eigenvalue weighted by atomic mass is 10.4. The van der Waals surface area contributed by atoms with E-state index in [0.717, 1.165) is 11.3 Å². The highest BCUT2D eigenvalue weighted by Gasteiger charge is 2.12.